The fraction of sp³-hybridized carbons (Fsp3) is 0.188. The van der Waals surface area contributed by atoms with E-state index in [1.165, 1.54) is 0 Å². The Kier molecular flexibility index (Phi) is 5.35. The van der Waals surface area contributed by atoms with Crippen LogP contribution in [-0.4, -0.2) is 31.1 Å². The first-order chi connectivity index (χ1) is 11.5. The first-order valence-electron chi connectivity index (χ1n) is 7.07. The number of benzene rings is 2. The zero-order valence-electron chi connectivity index (χ0n) is 12.6. The maximum absolute atomic E-state index is 12.0. The first kappa shape index (κ1) is 17.5. The zero-order valence-corrected chi connectivity index (χ0v) is 15.7. The summed E-state index contributed by atoms with van der Waals surface area (Å²) in [5, 5.41) is 1.14. The summed E-state index contributed by atoms with van der Waals surface area (Å²) < 4.78 is 5.62. The smallest absolute Gasteiger partial charge is 0.324 e. The average Bonchev–Trinajstić information content (AvgIpc) is 2.90. The minimum Gasteiger partial charge on any atom is -0.419 e. The lowest BCUT2D eigenvalue weighted by Crippen LogP contribution is -2.29. The van der Waals surface area contributed by atoms with Crippen LogP contribution in [0.4, 0.5) is 10.5 Å². The highest BCUT2D eigenvalue weighted by molar-refractivity contribution is 7.95. The second-order valence-electron chi connectivity index (χ2n) is 5.21. The summed E-state index contributed by atoms with van der Waals surface area (Å²) in [7, 11) is 1.79. The molecule has 1 aliphatic rings. The summed E-state index contributed by atoms with van der Waals surface area (Å²) >= 11 is 19.1. The Morgan fingerprint density at radius 3 is 2.29 bits per heavy atom. The lowest BCUT2D eigenvalue weighted by molar-refractivity contribution is 0.229. The molecule has 3 rings (SSSR count). The summed E-state index contributed by atoms with van der Waals surface area (Å²) in [6.45, 7) is 1.42. The number of amides is 2. The van der Waals surface area contributed by atoms with E-state index in [0.29, 0.717) is 27.4 Å². The molecule has 2 aromatic carbocycles. The Labute approximate surface area is 159 Å². The zero-order chi connectivity index (χ0) is 17.3. The minimum absolute atomic E-state index is 0.00856. The van der Waals surface area contributed by atoms with Crippen LogP contribution in [0.5, 0.6) is 5.75 Å². The van der Waals surface area contributed by atoms with Crippen molar-refractivity contribution in [2.24, 2.45) is 0 Å². The predicted molar refractivity (Wildman–Crippen MR) is 99.8 cm³/mol. The maximum atomic E-state index is 12.0. The molecule has 2 aromatic rings. The number of nitrogens with zero attached hydrogens (tertiary/aromatic N) is 2. The van der Waals surface area contributed by atoms with Crippen molar-refractivity contribution in [2.75, 3.05) is 25.0 Å². The minimum atomic E-state index is 0.00856. The highest BCUT2D eigenvalue weighted by atomic mass is 35.5. The third-order valence-electron chi connectivity index (χ3n) is 3.57. The number of halogens is 3. The summed E-state index contributed by atoms with van der Waals surface area (Å²) in [5.74, 6) is 0.441. The number of carbonyl (C=O) groups is 1. The molecule has 8 heteroatoms. The summed E-state index contributed by atoms with van der Waals surface area (Å²) in [6, 6.07) is 10.7. The quantitative estimate of drug-likeness (QED) is 0.492. The lowest BCUT2D eigenvalue weighted by Gasteiger charge is -2.16. The van der Waals surface area contributed by atoms with Crippen LogP contribution >= 0.6 is 46.8 Å². The topological polar surface area (TPSA) is 32.8 Å². The van der Waals surface area contributed by atoms with Gasteiger partial charge in [0.25, 0.3) is 0 Å². The average molecular weight is 404 g/mol. The molecule has 0 radical (unpaired) electrons. The van der Waals surface area contributed by atoms with Gasteiger partial charge in [-0.05, 0) is 30.3 Å². The molecule has 1 aliphatic heterocycles. The number of likely N-dealkylation sites (N-methyl/N-ethyl adjacent to an activating group) is 1. The van der Waals surface area contributed by atoms with Gasteiger partial charge in [-0.15, -0.1) is 0 Å². The van der Waals surface area contributed by atoms with Crippen LogP contribution in [0.25, 0.3) is 0 Å². The molecule has 1 saturated heterocycles. The molecule has 0 saturated carbocycles. The molecule has 126 valence electrons. The Hall–Kier alpha value is -1.27. The predicted octanol–water partition coefficient (Wildman–Crippen LogP) is 5.60. The fourth-order valence-electron chi connectivity index (χ4n) is 2.23. The molecule has 0 bridgehead atoms. The third-order valence-corrected chi connectivity index (χ3v) is 5.31. The van der Waals surface area contributed by atoms with Gasteiger partial charge in [-0.25, -0.2) is 4.79 Å². The Morgan fingerprint density at radius 2 is 1.67 bits per heavy atom. The van der Waals surface area contributed by atoms with Gasteiger partial charge < -0.3 is 9.08 Å². The number of hydrogen-bond donors (Lipinski definition) is 0. The number of hydrogen-bond acceptors (Lipinski definition) is 3. The summed E-state index contributed by atoms with van der Waals surface area (Å²) in [5.41, 5.74) is 0.862. The third kappa shape index (κ3) is 3.70. The van der Waals surface area contributed by atoms with Gasteiger partial charge in [-0.1, -0.05) is 34.8 Å². The van der Waals surface area contributed by atoms with Crippen LogP contribution < -0.4 is 9.08 Å². The van der Waals surface area contributed by atoms with Gasteiger partial charge >= 0.3 is 6.03 Å². The van der Waals surface area contributed by atoms with E-state index in [1.807, 2.05) is 24.3 Å². The van der Waals surface area contributed by atoms with Crippen molar-refractivity contribution in [3.8, 4) is 5.75 Å². The molecule has 1 fully saturated rings. The molecule has 4 nitrogen and oxygen atoms in total. The van der Waals surface area contributed by atoms with Crippen LogP contribution in [0.15, 0.2) is 41.3 Å². The second kappa shape index (κ2) is 7.31. The second-order valence-corrected chi connectivity index (χ2v) is 7.24. The highest BCUT2D eigenvalue weighted by Crippen LogP contribution is 2.37. The van der Waals surface area contributed by atoms with E-state index in [9.17, 15) is 4.79 Å². The van der Waals surface area contributed by atoms with Crippen LogP contribution in [0.1, 0.15) is 0 Å². The largest absolute Gasteiger partial charge is 0.419 e. The van der Waals surface area contributed by atoms with E-state index in [-0.39, 0.29) is 6.03 Å². The Morgan fingerprint density at radius 1 is 1.00 bits per heavy atom. The van der Waals surface area contributed by atoms with Crippen molar-refractivity contribution in [2.45, 2.75) is 4.90 Å². The molecular formula is C16H13Cl3N2O2S. The van der Waals surface area contributed by atoms with Gasteiger partial charge in [-0.2, -0.15) is 0 Å². The van der Waals surface area contributed by atoms with Crippen LogP contribution in [-0.2, 0) is 0 Å². The van der Waals surface area contributed by atoms with Gasteiger partial charge in [0.15, 0.2) is 5.75 Å². The standard InChI is InChI=1S/C16H13Cl3N2O2S/c1-20-6-7-21(16(20)22)10-2-4-11(5-3-10)24-23-15-9-13(18)12(17)8-14(15)19/h2-5,8-9H,6-7H2,1H3. The van der Waals surface area contributed by atoms with Crippen LogP contribution in [0.2, 0.25) is 15.1 Å². The van der Waals surface area contributed by atoms with Gasteiger partial charge in [0.2, 0.25) is 0 Å². The van der Waals surface area contributed by atoms with Crippen LogP contribution in [0, 0.1) is 0 Å². The molecule has 0 aliphatic carbocycles. The Balaban J connectivity index is 1.67. The molecule has 0 unspecified atom stereocenters. The van der Waals surface area contributed by atoms with Gasteiger partial charge in [0.05, 0.1) is 27.1 Å². The lowest BCUT2D eigenvalue weighted by atomic mass is 10.3. The van der Waals surface area contributed by atoms with Crippen molar-refractivity contribution < 1.29 is 8.98 Å². The Bertz CT molecular complexity index is 771. The molecule has 0 aromatic heterocycles. The fourth-order valence-corrected chi connectivity index (χ4v) is 3.42. The van der Waals surface area contributed by atoms with E-state index in [0.717, 1.165) is 29.2 Å². The summed E-state index contributed by atoms with van der Waals surface area (Å²) in [4.78, 5) is 16.3. The van der Waals surface area contributed by atoms with Crippen molar-refractivity contribution in [3.63, 3.8) is 0 Å². The number of urea groups is 1. The van der Waals surface area contributed by atoms with Crippen molar-refractivity contribution in [1.29, 1.82) is 0 Å². The molecule has 0 atom stereocenters. The number of rotatable bonds is 4. The molecule has 0 N–H and O–H groups in total. The number of anilines is 1. The van der Waals surface area contributed by atoms with Gasteiger partial charge in [0, 0.05) is 36.8 Å². The van der Waals surface area contributed by atoms with Crippen molar-refractivity contribution in [3.05, 3.63) is 51.5 Å². The molecule has 24 heavy (non-hydrogen) atoms. The van der Waals surface area contributed by atoms with E-state index in [4.69, 9.17) is 39.0 Å². The van der Waals surface area contributed by atoms with E-state index < -0.39 is 0 Å². The van der Waals surface area contributed by atoms with E-state index in [1.54, 1.807) is 29.0 Å². The monoisotopic (exact) mass is 402 g/mol. The van der Waals surface area contributed by atoms with Crippen LogP contribution in [0.3, 0.4) is 0 Å². The highest BCUT2D eigenvalue weighted by Gasteiger charge is 2.26. The molecule has 1 heterocycles. The number of carbonyl (C=O) groups excluding carboxylic acids is 1. The summed E-state index contributed by atoms with van der Waals surface area (Å²) in [6.07, 6.45) is 0. The van der Waals surface area contributed by atoms with Crippen molar-refractivity contribution in [1.82, 2.24) is 4.90 Å². The molecular weight excluding hydrogens is 391 g/mol. The van der Waals surface area contributed by atoms with Gasteiger partial charge in [0.1, 0.15) is 0 Å². The maximum Gasteiger partial charge on any atom is 0.324 e. The van der Waals surface area contributed by atoms with Crippen molar-refractivity contribution >= 4 is 58.6 Å². The van der Waals surface area contributed by atoms with E-state index >= 15 is 0 Å². The first-order valence-corrected chi connectivity index (χ1v) is 8.95. The van der Waals surface area contributed by atoms with E-state index in [2.05, 4.69) is 0 Å². The molecule has 0 spiro atoms. The SMILES string of the molecule is CN1CCN(c2ccc(SOc3cc(Cl)c(Cl)cc3Cl)cc2)C1=O. The van der Waals surface area contributed by atoms with Gasteiger partial charge in [-0.3, -0.25) is 4.90 Å². The molecule has 2 amide bonds. The normalized spacial score (nSPS) is 14.4.